The van der Waals surface area contributed by atoms with Crippen LogP contribution in [0.3, 0.4) is 0 Å². The number of benzene rings is 2. The molecule has 0 aromatic heterocycles. The molecule has 0 spiro atoms. The Morgan fingerprint density at radius 1 is 1.08 bits per heavy atom. The molecule has 0 aliphatic heterocycles. The molecule has 5 nitrogen and oxygen atoms in total. The third kappa shape index (κ3) is 5.70. The molecular weight excluding hydrogens is 350 g/mol. The van der Waals surface area contributed by atoms with Crippen molar-refractivity contribution >= 4 is 21.6 Å². The summed E-state index contributed by atoms with van der Waals surface area (Å²) >= 11 is 6.01. The average molecular weight is 370 g/mol. The van der Waals surface area contributed by atoms with Gasteiger partial charge in [0.1, 0.15) is 18.1 Å². The molecular formula is C17H20ClNO4S. The van der Waals surface area contributed by atoms with Gasteiger partial charge in [-0.05, 0) is 42.8 Å². The summed E-state index contributed by atoms with van der Waals surface area (Å²) < 4.78 is 37.7. The maximum atomic E-state index is 12.2. The monoisotopic (exact) mass is 369 g/mol. The Balaban J connectivity index is 1.88. The van der Waals surface area contributed by atoms with Crippen molar-refractivity contribution in [1.82, 2.24) is 4.72 Å². The Labute approximate surface area is 147 Å². The molecule has 0 radical (unpaired) electrons. The Bertz CT molecular complexity index is 762. The van der Waals surface area contributed by atoms with Crippen molar-refractivity contribution in [3.8, 4) is 11.5 Å². The largest absolute Gasteiger partial charge is 0.497 e. The molecule has 0 bridgehead atoms. The van der Waals surface area contributed by atoms with Gasteiger partial charge in [0.25, 0.3) is 0 Å². The van der Waals surface area contributed by atoms with Crippen LogP contribution in [-0.4, -0.2) is 28.2 Å². The molecule has 0 aliphatic carbocycles. The predicted molar refractivity (Wildman–Crippen MR) is 95.2 cm³/mol. The lowest BCUT2D eigenvalue weighted by Gasteiger charge is -2.16. The summed E-state index contributed by atoms with van der Waals surface area (Å²) in [6.07, 6.45) is 0. The van der Waals surface area contributed by atoms with E-state index in [1.807, 2.05) is 0 Å². The first kappa shape index (κ1) is 18.6. The molecule has 1 atom stereocenters. The quantitative estimate of drug-likeness (QED) is 0.775. The molecule has 0 saturated heterocycles. The smallest absolute Gasteiger partial charge is 0.216 e. The normalized spacial score (nSPS) is 12.6. The molecule has 0 fully saturated rings. The minimum absolute atomic E-state index is 0.167. The van der Waals surface area contributed by atoms with Crippen molar-refractivity contribution in [3.05, 3.63) is 59.1 Å². The van der Waals surface area contributed by atoms with E-state index in [1.165, 1.54) is 0 Å². The van der Waals surface area contributed by atoms with E-state index in [0.29, 0.717) is 16.3 Å². The highest BCUT2D eigenvalue weighted by atomic mass is 35.5. The maximum absolute atomic E-state index is 12.2. The first-order valence-electron chi connectivity index (χ1n) is 7.40. The van der Waals surface area contributed by atoms with Crippen LogP contribution < -0.4 is 14.2 Å². The van der Waals surface area contributed by atoms with Crippen LogP contribution in [0.25, 0.3) is 0 Å². The molecule has 24 heavy (non-hydrogen) atoms. The van der Waals surface area contributed by atoms with Crippen LogP contribution in [0.4, 0.5) is 0 Å². The van der Waals surface area contributed by atoms with E-state index in [4.69, 9.17) is 21.1 Å². The van der Waals surface area contributed by atoms with Gasteiger partial charge in [0.15, 0.2) is 0 Å². The van der Waals surface area contributed by atoms with E-state index in [-0.39, 0.29) is 18.4 Å². The van der Waals surface area contributed by atoms with Crippen molar-refractivity contribution in [1.29, 1.82) is 0 Å². The Kier molecular flexibility index (Phi) is 6.48. The molecule has 130 valence electrons. The molecule has 0 amide bonds. The second-order valence-electron chi connectivity index (χ2n) is 5.36. The summed E-state index contributed by atoms with van der Waals surface area (Å²) in [5.74, 6) is 1.21. The van der Waals surface area contributed by atoms with Gasteiger partial charge in [0.2, 0.25) is 10.0 Å². The van der Waals surface area contributed by atoms with E-state index < -0.39 is 10.0 Å². The summed E-state index contributed by atoms with van der Waals surface area (Å²) in [5.41, 5.74) is 0.565. The Hall–Kier alpha value is -1.76. The van der Waals surface area contributed by atoms with Gasteiger partial charge >= 0.3 is 0 Å². The molecule has 2 rings (SSSR count). The zero-order valence-electron chi connectivity index (χ0n) is 13.5. The zero-order valence-corrected chi connectivity index (χ0v) is 15.1. The fourth-order valence-corrected chi connectivity index (χ4v) is 3.80. The second kappa shape index (κ2) is 8.37. The van der Waals surface area contributed by atoms with Gasteiger partial charge in [0, 0.05) is 5.02 Å². The van der Waals surface area contributed by atoms with E-state index in [2.05, 4.69) is 4.72 Å². The number of halogens is 1. The van der Waals surface area contributed by atoms with Crippen molar-refractivity contribution in [3.63, 3.8) is 0 Å². The predicted octanol–water partition coefficient (Wildman–Crippen LogP) is 3.24. The first-order chi connectivity index (χ1) is 11.4. The number of hydrogen-bond acceptors (Lipinski definition) is 4. The molecule has 7 heteroatoms. The molecule has 1 N–H and O–H groups in total. The zero-order chi connectivity index (χ0) is 17.6. The average Bonchev–Trinajstić information content (AvgIpc) is 2.55. The number of hydrogen-bond donors (Lipinski definition) is 1. The lowest BCUT2D eigenvalue weighted by Crippen LogP contribution is -2.37. The van der Waals surface area contributed by atoms with Crippen molar-refractivity contribution < 1.29 is 17.9 Å². The Morgan fingerprint density at radius 3 is 2.33 bits per heavy atom. The van der Waals surface area contributed by atoms with Gasteiger partial charge in [-0.25, -0.2) is 13.1 Å². The highest BCUT2D eigenvalue weighted by Gasteiger charge is 2.17. The number of nitrogens with one attached hydrogen (secondary N) is 1. The van der Waals surface area contributed by atoms with E-state index >= 15 is 0 Å². The van der Waals surface area contributed by atoms with Crippen LogP contribution in [0.1, 0.15) is 12.5 Å². The minimum Gasteiger partial charge on any atom is -0.497 e. The van der Waals surface area contributed by atoms with Gasteiger partial charge in [-0.15, -0.1) is 0 Å². The van der Waals surface area contributed by atoms with E-state index in [1.54, 1.807) is 62.6 Å². The van der Waals surface area contributed by atoms with E-state index in [9.17, 15) is 8.42 Å². The van der Waals surface area contributed by atoms with Crippen molar-refractivity contribution in [2.24, 2.45) is 0 Å². The maximum Gasteiger partial charge on any atom is 0.216 e. The third-order valence-corrected chi connectivity index (χ3v) is 5.06. The van der Waals surface area contributed by atoms with Crippen LogP contribution >= 0.6 is 11.6 Å². The van der Waals surface area contributed by atoms with Crippen LogP contribution in [0, 0.1) is 0 Å². The fourth-order valence-electron chi connectivity index (χ4n) is 2.10. The summed E-state index contributed by atoms with van der Waals surface area (Å²) in [6.45, 7) is 1.96. The molecule has 0 heterocycles. The summed E-state index contributed by atoms with van der Waals surface area (Å²) in [4.78, 5) is 0. The van der Waals surface area contributed by atoms with Crippen LogP contribution in [0.5, 0.6) is 11.5 Å². The SMILES string of the molecule is COc1ccc(OCC(C)NS(=O)(=O)Cc2ccccc2Cl)cc1. The van der Waals surface area contributed by atoms with Crippen molar-refractivity contribution in [2.75, 3.05) is 13.7 Å². The number of sulfonamides is 1. The second-order valence-corrected chi connectivity index (χ2v) is 7.52. The third-order valence-electron chi connectivity index (χ3n) is 3.24. The van der Waals surface area contributed by atoms with Crippen molar-refractivity contribution in [2.45, 2.75) is 18.7 Å². The summed E-state index contributed by atoms with van der Waals surface area (Å²) in [7, 11) is -1.92. The van der Waals surface area contributed by atoms with Gasteiger partial charge in [-0.1, -0.05) is 29.8 Å². The number of rotatable bonds is 8. The number of ether oxygens (including phenoxy) is 2. The molecule has 2 aromatic carbocycles. The summed E-state index contributed by atoms with van der Waals surface area (Å²) in [6, 6.07) is 13.6. The highest BCUT2D eigenvalue weighted by molar-refractivity contribution is 7.88. The minimum atomic E-state index is -3.51. The highest BCUT2D eigenvalue weighted by Crippen LogP contribution is 2.18. The molecule has 0 saturated carbocycles. The number of methoxy groups -OCH3 is 1. The van der Waals surface area contributed by atoms with Crippen LogP contribution in [0.2, 0.25) is 5.02 Å². The molecule has 1 unspecified atom stereocenters. The van der Waals surface area contributed by atoms with Gasteiger partial charge in [-0.2, -0.15) is 0 Å². The Morgan fingerprint density at radius 2 is 1.71 bits per heavy atom. The van der Waals surface area contributed by atoms with Gasteiger partial charge < -0.3 is 9.47 Å². The first-order valence-corrected chi connectivity index (χ1v) is 9.43. The lowest BCUT2D eigenvalue weighted by molar-refractivity contribution is 0.287. The lowest BCUT2D eigenvalue weighted by atomic mass is 10.2. The van der Waals surface area contributed by atoms with Crippen LogP contribution in [0.15, 0.2) is 48.5 Å². The van der Waals surface area contributed by atoms with E-state index in [0.717, 1.165) is 5.75 Å². The van der Waals surface area contributed by atoms with Crippen LogP contribution in [-0.2, 0) is 15.8 Å². The standard InChI is InChI=1S/C17H20ClNO4S/c1-13(11-23-16-9-7-15(22-2)8-10-16)19-24(20,21)12-14-5-3-4-6-17(14)18/h3-10,13,19H,11-12H2,1-2H3. The van der Waals surface area contributed by atoms with Gasteiger partial charge in [-0.3, -0.25) is 0 Å². The fraction of sp³-hybridized carbons (Fsp3) is 0.294. The molecule has 2 aromatic rings. The summed E-state index contributed by atoms with van der Waals surface area (Å²) in [5, 5.41) is 0.435. The molecule has 0 aliphatic rings. The topological polar surface area (TPSA) is 64.6 Å². The van der Waals surface area contributed by atoms with Gasteiger partial charge in [0.05, 0.1) is 18.9 Å².